The van der Waals surface area contributed by atoms with Crippen LogP contribution in [-0.2, 0) is 9.53 Å². The molecule has 0 radical (unpaired) electrons. The van der Waals surface area contributed by atoms with E-state index in [0.717, 1.165) is 45.4 Å². The largest absolute Gasteiger partial charge is 0.381 e. The van der Waals surface area contributed by atoms with Crippen molar-refractivity contribution in [1.29, 1.82) is 0 Å². The van der Waals surface area contributed by atoms with E-state index in [1.807, 2.05) is 0 Å². The van der Waals surface area contributed by atoms with Crippen LogP contribution in [0.2, 0.25) is 0 Å². The van der Waals surface area contributed by atoms with Crippen LogP contribution >= 0.6 is 0 Å². The van der Waals surface area contributed by atoms with Crippen LogP contribution in [0.5, 0.6) is 0 Å². The molecule has 19 heavy (non-hydrogen) atoms. The highest BCUT2D eigenvalue weighted by Crippen LogP contribution is 2.60. The molecule has 1 saturated carbocycles. The molecule has 2 saturated heterocycles. The molecule has 1 aliphatic carbocycles. The Bertz CT molecular complexity index is 352. The van der Waals surface area contributed by atoms with Gasteiger partial charge in [-0.05, 0) is 43.4 Å². The van der Waals surface area contributed by atoms with Gasteiger partial charge in [0, 0.05) is 38.3 Å². The Labute approximate surface area is 115 Å². The molecule has 0 unspecified atom stereocenters. The van der Waals surface area contributed by atoms with Gasteiger partial charge in [-0.25, -0.2) is 0 Å². The third kappa shape index (κ3) is 2.29. The Morgan fingerprint density at radius 2 is 2.16 bits per heavy atom. The quantitative estimate of drug-likeness (QED) is 0.821. The number of nitrogens with two attached hydrogens (primary N) is 1. The van der Waals surface area contributed by atoms with Crippen molar-refractivity contribution in [3.05, 3.63) is 0 Å². The van der Waals surface area contributed by atoms with Crippen molar-refractivity contribution < 1.29 is 9.53 Å². The fraction of sp³-hybridized carbons (Fsp3) is 0.933. The van der Waals surface area contributed by atoms with E-state index in [2.05, 4.69) is 11.8 Å². The minimum Gasteiger partial charge on any atom is -0.381 e. The van der Waals surface area contributed by atoms with E-state index in [9.17, 15) is 4.79 Å². The number of nitrogens with zero attached hydrogens (tertiary/aromatic N) is 1. The predicted molar refractivity (Wildman–Crippen MR) is 73.5 cm³/mol. The van der Waals surface area contributed by atoms with E-state index in [4.69, 9.17) is 10.5 Å². The SMILES string of the molecule is C[C@@H]1CCCN(C(=O)[C@@H]2CC23CCOCC3)[C@@H]1CN. The normalized spacial score (nSPS) is 37.4. The molecule has 0 aromatic carbocycles. The number of hydrogen-bond donors (Lipinski definition) is 1. The molecular weight excluding hydrogens is 240 g/mol. The lowest BCUT2D eigenvalue weighted by molar-refractivity contribution is -0.138. The number of rotatable bonds is 2. The van der Waals surface area contributed by atoms with E-state index in [-0.39, 0.29) is 17.4 Å². The van der Waals surface area contributed by atoms with Crippen molar-refractivity contribution in [3.8, 4) is 0 Å². The summed E-state index contributed by atoms with van der Waals surface area (Å²) in [6.07, 6.45) is 5.55. The zero-order chi connectivity index (χ0) is 13.5. The van der Waals surface area contributed by atoms with Gasteiger partial charge in [-0.3, -0.25) is 4.79 Å². The summed E-state index contributed by atoms with van der Waals surface area (Å²) >= 11 is 0. The second-order valence-corrected chi connectivity index (χ2v) is 6.69. The molecular formula is C15H26N2O2. The molecule has 2 aliphatic heterocycles. The lowest BCUT2D eigenvalue weighted by Gasteiger charge is -2.40. The monoisotopic (exact) mass is 266 g/mol. The highest BCUT2D eigenvalue weighted by molar-refractivity contribution is 5.83. The van der Waals surface area contributed by atoms with Gasteiger partial charge in [0.2, 0.25) is 5.91 Å². The maximum Gasteiger partial charge on any atom is 0.226 e. The Kier molecular flexibility index (Phi) is 3.56. The van der Waals surface area contributed by atoms with Gasteiger partial charge in [0.25, 0.3) is 0 Å². The summed E-state index contributed by atoms with van der Waals surface area (Å²) in [6, 6.07) is 0.263. The molecule has 4 nitrogen and oxygen atoms in total. The maximum atomic E-state index is 12.8. The third-order valence-corrected chi connectivity index (χ3v) is 5.62. The first-order chi connectivity index (χ1) is 9.18. The van der Waals surface area contributed by atoms with Gasteiger partial charge in [0.15, 0.2) is 0 Å². The van der Waals surface area contributed by atoms with Crippen LogP contribution in [0.15, 0.2) is 0 Å². The minimum atomic E-state index is 0.260. The molecule has 0 aromatic heterocycles. The fourth-order valence-corrected chi connectivity index (χ4v) is 4.11. The van der Waals surface area contributed by atoms with E-state index in [1.54, 1.807) is 0 Å². The average molecular weight is 266 g/mol. The Morgan fingerprint density at radius 1 is 1.42 bits per heavy atom. The van der Waals surface area contributed by atoms with Crippen molar-refractivity contribution in [2.45, 2.75) is 45.1 Å². The van der Waals surface area contributed by atoms with Gasteiger partial charge in [-0.2, -0.15) is 0 Å². The lowest BCUT2D eigenvalue weighted by atomic mass is 9.89. The van der Waals surface area contributed by atoms with Gasteiger partial charge in [0.1, 0.15) is 0 Å². The lowest BCUT2D eigenvalue weighted by Crippen LogP contribution is -2.52. The standard InChI is InChI=1S/C15H26N2O2/c1-11-3-2-6-17(13(11)10-16)14(18)12-9-15(12)4-7-19-8-5-15/h11-13H,2-10,16H2,1H3/t11-,12+,13-/m1/s1. The van der Waals surface area contributed by atoms with Crippen LogP contribution in [0.4, 0.5) is 0 Å². The van der Waals surface area contributed by atoms with Crippen molar-refractivity contribution in [2.75, 3.05) is 26.3 Å². The number of likely N-dealkylation sites (tertiary alicyclic amines) is 1. The van der Waals surface area contributed by atoms with Gasteiger partial charge in [-0.15, -0.1) is 0 Å². The summed E-state index contributed by atoms with van der Waals surface area (Å²) in [7, 11) is 0. The highest BCUT2D eigenvalue weighted by Gasteiger charge is 2.59. The molecule has 2 N–H and O–H groups in total. The van der Waals surface area contributed by atoms with Crippen LogP contribution in [0.1, 0.15) is 39.0 Å². The van der Waals surface area contributed by atoms with Crippen LogP contribution < -0.4 is 5.73 Å². The zero-order valence-electron chi connectivity index (χ0n) is 11.9. The summed E-state index contributed by atoms with van der Waals surface area (Å²) in [6.45, 7) is 5.42. The summed E-state index contributed by atoms with van der Waals surface area (Å²) in [4.78, 5) is 14.9. The summed E-state index contributed by atoms with van der Waals surface area (Å²) in [5.41, 5.74) is 6.19. The highest BCUT2D eigenvalue weighted by atomic mass is 16.5. The van der Waals surface area contributed by atoms with Crippen molar-refractivity contribution in [3.63, 3.8) is 0 Å². The molecule has 4 heteroatoms. The molecule has 1 amide bonds. The topological polar surface area (TPSA) is 55.6 Å². The summed E-state index contributed by atoms with van der Waals surface area (Å²) < 4.78 is 5.43. The Hall–Kier alpha value is -0.610. The molecule has 108 valence electrons. The molecule has 0 aromatic rings. The Balaban J connectivity index is 1.67. The second kappa shape index (κ2) is 5.06. The molecule has 1 spiro atoms. The number of piperidine rings is 1. The smallest absolute Gasteiger partial charge is 0.226 e. The molecule has 3 rings (SSSR count). The van der Waals surface area contributed by atoms with Crippen LogP contribution in [-0.4, -0.2) is 43.2 Å². The summed E-state index contributed by atoms with van der Waals surface area (Å²) in [5.74, 6) is 1.19. The van der Waals surface area contributed by atoms with Crippen molar-refractivity contribution in [2.24, 2.45) is 23.0 Å². The van der Waals surface area contributed by atoms with E-state index >= 15 is 0 Å². The molecule has 3 fully saturated rings. The van der Waals surface area contributed by atoms with Crippen LogP contribution in [0.3, 0.4) is 0 Å². The molecule has 2 heterocycles. The van der Waals surface area contributed by atoms with Crippen LogP contribution in [0, 0.1) is 17.3 Å². The van der Waals surface area contributed by atoms with Gasteiger partial charge >= 0.3 is 0 Å². The first-order valence-corrected chi connectivity index (χ1v) is 7.76. The number of hydrogen-bond acceptors (Lipinski definition) is 3. The van der Waals surface area contributed by atoms with E-state index in [0.29, 0.717) is 18.4 Å². The van der Waals surface area contributed by atoms with Crippen LogP contribution in [0.25, 0.3) is 0 Å². The third-order valence-electron chi connectivity index (χ3n) is 5.62. The minimum absolute atomic E-state index is 0.260. The first kappa shape index (κ1) is 13.4. The molecule has 0 bridgehead atoms. The average Bonchev–Trinajstić information content (AvgIpc) is 3.12. The van der Waals surface area contributed by atoms with Crippen molar-refractivity contribution in [1.82, 2.24) is 4.90 Å². The molecule has 3 aliphatic rings. The van der Waals surface area contributed by atoms with Gasteiger partial charge < -0.3 is 15.4 Å². The first-order valence-electron chi connectivity index (χ1n) is 7.76. The number of amides is 1. The summed E-state index contributed by atoms with van der Waals surface area (Å²) in [5, 5.41) is 0. The number of ether oxygens (including phenoxy) is 1. The number of carbonyl (C=O) groups excluding carboxylic acids is 1. The van der Waals surface area contributed by atoms with E-state index < -0.39 is 0 Å². The van der Waals surface area contributed by atoms with Crippen molar-refractivity contribution >= 4 is 5.91 Å². The Morgan fingerprint density at radius 3 is 2.84 bits per heavy atom. The zero-order valence-corrected chi connectivity index (χ0v) is 11.9. The fourth-order valence-electron chi connectivity index (χ4n) is 4.11. The van der Waals surface area contributed by atoms with Gasteiger partial charge in [-0.1, -0.05) is 6.92 Å². The van der Waals surface area contributed by atoms with Gasteiger partial charge in [0.05, 0.1) is 0 Å². The second-order valence-electron chi connectivity index (χ2n) is 6.69. The number of carbonyl (C=O) groups is 1. The molecule has 3 atom stereocenters. The van der Waals surface area contributed by atoms with E-state index in [1.165, 1.54) is 6.42 Å². The predicted octanol–water partition coefficient (Wildman–Crippen LogP) is 1.39. The maximum absolute atomic E-state index is 12.8.